The number of carbonyl (C=O) groups excluding carboxylic acids is 3. The van der Waals surface area contributed by atoms with Gasteiger partial charge >= 0.3 is 12.2 Å². The molecule has 1 saturated heterocycles. The number of nitrogens with zero attached hydrogens (tertiary/aromatic N) is 4. The van der Waals surface area contributed by atoms with Crippen LogP contribution >= 0.6 is 34.8 Å². The molecule has 3 heterocycles. The van der Waals surface area contributed by atoms with Crippen molar-refractivity contribution < 1.29 is 33.1 Å². The van der Waals surface area contributed by atoms with Gasteiger partial charge in [0, 0.05) is 47.9 Å². The van der Waals surface area contributed by atoms with Gasteiger partial charge in [-0.05, 0) is 122 Å². The maximum absolute atomic E-state index is 15.2. The zero-order chi connectivity index (χ0) is 40.7. The van der Waals surface area contributed by atoms with Crippen LogP contribution in [0.25, 0.3) is 5.57 Å². The van der Waals surface area contributed by atoms with Crippen LogP contribution < -0.4 is 4.74 Å². The van der Waals surface area contributed by atoms with Gasteiger partial charge in [0.1, 0.15) is 17.0 Å². The number of hydrogen-bond donors (Lipinski definition) is 0. The van der Waals surface area contributed by atoms with Crippen LogP contribution in [0.3, 0.4) is 0 Å². The van der Waals surface area contributed by atoms with Crippen LogP contribution in [0, 0.1) is 13.8 Å². The molecule has 11 nitrogen and oxygen atoms in total. The van der Waals surface area contributed by atoms with Crippen molar-refractivity contribution in [1.29, 1.82) is 0 Å². The average molecular weight is 830 g/mol. The lowest BCUT2D eigenvalue weighted by Gasteiger charge is -2.50. The van der Waals surface area contributed by atoms with E-state index in [1.54, 1.807) is 68.4 Å². The Hall–Kier alpha value is -3.93. The highest BCUT2D eigenvalue weighted by Gasteiger charge is 2.51. The number of fused-ring (bicyclic) bond motifs is 2. The van der Waals surface area contributed by atoms with Gasteiger partial charge in [-0.3, -0.25) is 9.69 Å². The number of carbonyl (C=O) groups is 3. The summed E-state index contributed by atoms with van der Waals surface area (Å²) in [4.78, 5) is 47.9. The van der Waals surface area contributed by atoms with Gasteiger partial charge in [-0.15, -0.1) is 0 Å². The standard InChI is InChI=1S/C42H51Cl3N4O7/c1-24-17-30(18-25(2)36(24)44)53-16-10-12-27-19-34(56-46-27)31-20-29-22-47(39(51)54-41(3,4)5)23-33(49(29)40(52)55-42(6,7)8)35(31)38(50)48(28-14-15-28)21-26-11-9-13-32(43)37(26)45/h9,11,13,17-19,28-29,33H,10,12,14-16,20-23H2,1-8H3. The molecule has 0 spiro atoms. The van der Waals surface area contributed by atoms with Crippen LogP contribution in [0.5, 0.6) is 5.75 Å². The lowest BCUT2D eigenvalue weighted by molar-refractivity contribution is -0.129. The van der Waals surface area contributed by atoms with Gasteiger partial charge in [0.2, 0.25) is 0 Å². The number of piperazine rings is 1. The molecule has 6 rings (SSSR count). The number of rotatable bonds is 10. The van der Waals surface area contributed by atoms with Crippen molar-refractivity contribution in [2.24, 2.45) is 0 Å². The summed E-state index contributed by atoms with van der Waals surface area (Å²) < 4.78 is 23.8. The predicted molar refractivity (Wildman–Crippen MR) is 216 cm³/mol. The highest BCUT2D eigenvalue weighted by Crippen LogP contribution is 2.43. The number of ether oxygens (including phenoxy) is 3. The number of benzene rings is 2. The molecule has 1 aromatic heterocycles. The summed E-state index contributed by atoms with van der Waals surface area (Å²) in [5, 5.41) is 5.90. The van der Waals surface area contributed by atoms with E-state index in [-0.39, 0.29) is 38.0 Å². The number of amides is 3. The van der Waals surface area contributed by atoms with Gasteiger partial charge in [-0.2, -0.15) is 0 Å². The molecule has 2 aromatic carbocycles. The van der Waals surface area contributed by atoms with E-state index in [4.69, 9.17) is 53.5 Å². The van der Waals surface area contributed by atoms with Crippen molar-refractivity contribution in [3.8, 4) is 5.75 Å². The molecule has 3 aliphatic rings. The lowest BCUT2D eigenvalue weighted by atomic mass is 9.83. The third-order valence-corrected chi connectivity index (χ3v) is 11.3. The first-order chi connectivity index (χ1) is 26.3. The zero-order valence-electron chi connectivity index (χ0n) is 33.3. The quantitative estimate of drug-likeness (QED) is 0.186. The van der Waals surface area contributed by atoms with E-state index in [9.17, 15) is 9.59 Å². The molecule has 3 aromatic rings. The fourth-order valence-electron chi connectivity index (χ4n) is 7.25. The fraction of sp³-hybridized carbons (Fsp3) is 0.524. The Labute approximate surface area is 344 Å². The Morgan fingerprint density at radius 2 is 1.57 bits per heavy atom. The second-order valence-electron chi connectivity index (χ2n) is 16.9. The van der Waals surface area contributed by atoms with E-state index in [0.717, 1.165) is 34.7 Å². The third-order valence-electron chi connectivity index (χ3n) is 9.87. The molecular weight excluding hydrogens is 779 g/mol. The van der Waals surface area contributed by atoms with Gasteiger partial charge in [-0.1, -0.05) is 52.1 Å². The third kappa shape index (κ3) is 9.77. The number of halogens is 3. The molecule has 0 N–H and O–H groups in total. The molecule has 1 saturated carbocycles. The second-order valence-corrected chi connectivity index (χ2v) is 18.1. The first kappa shape index (κ1) is 41.7. The van der Waals surface area contributed by atoms with Crippen LogP contribution in [0.15, 0.2) is 46.5 Å². The maximum atomic E-state index is 15.2. The highest BCUT2D eigenvalue weighted by molar-refractivity contribution is 6.42. The Morgan fingerprint density at radius 3 is 2.21 bits per heavy atom. The minimum atomic E-state index is -0.878. The molecular formula is C42H51Cl3N4O7. The first-order valence-electron chi connectivity index (χ1n) is 19.1. The number of aryl methyl sites for hydroxylation is 3. The topological polar surface area (TPSA) is 115 Å². The van der Waals surface area contributed by atoms with Gasteiger partial charge in [0.15, 0.2) is 5.76 Å². The Balaban J connectivity index is 1.36. The smallest absolute Gasteiger partial charge is 0.411 e. The van der Waals surface area contributed by atoms with Crippen molar-refractivity contribution in [2.45, 2.75) is 123 Å². The van der Waals surface area contributed by atoms with E-state index in [1.165, 1.54) is 0 Å². The Morgan fingerprint density at radius 1 is 0.911 bits per heavy atom. The normalized spacial score (nSPS) is 18.6. The van der Waals surface area contributed by atoms with Crippen molar-refractivity contribution >= 4 is 58.5 Å². The molecule has 56 heavy (non-hydrogen) atoms. The molecule has 2 fully saturated rings. The summed E-state index contributed by atoms with van der Waals surface area (Å²) in [7, 11) is 0. The maximum Gasteiger partial charge on any atom is 0.411 e. The van der Waals surface area contributed by atoms with Crippen LogP contribution in [-0.4, -0.2) is 87.0 Å². The highest BCUT2D eigenvalue weighted by atomic mass is 35.5. The predicted octanol–water partition coefficient (Wildman–Crippen LogP) is 9.84. The van der Waals surface area contributed by atoms with Crippen molar-refractivity contribution in [2.75, 3.05) is 19.7 Å². The van der Waals surface area contributed by atoms with Crippen LogP contribution in [0.1, 0.15) is 95.4 Å². The van der Waals surface area contributed by atoms with Gasteiger partial charge in [0.05, 0.1) is 34.4 Å². The van der Waals surface area contributed by atoms with Gasteiger partial charge in [0.25, 0.3) is 5.91 Å². The largest absolute Gasteiger partial charge is 0.494 e. The number of aromatic nitrogens is 1. The SMILES string of the molecule is Cc1cc(OCCCc2cc(C3=C(C(=O)N(Cc4cccc(Cl)c4Cl)C4CC4)C4CN(C(=O)OC(C)(C)C)CC(C3)N4C(=O)OC(C)(C)C)on2)cc(C)c1Cl. The molecule has 2 atom stereocenters. The van der Waals surface area contributed by atoms with E-state index in [1.807, 2.05) is 38.1 Å². The van der Waals surface area contributed by atoms with Crippen LogP contribution in [0.4, 0.5) is 9.59 Å². The monoisotopic (exact) mass is 828 g/mol. The Kier molecular flexibility index (Phi) is 12.3. The summed E-state index contributed by atoms with van der Waals surface area (Å²) in [6.07, 6.45) is 1.96. The minimum Gasteiger partial charge on any atom is -0.494 e. The van der Waals surface area contributed by atoms with E-state index < -0.39 is 35.5 Å². The second kappa shape index (κ2) is 16.5. The molecule has 2 bridgehead atoms. The van der Waals surface area contributed by atoms with Crippen molar-refractivity contribution in [1.82, 2.24) is 19.9 Å². The van der Waals surface area contributed by atoms with E-state index in [2.05, 4.69) is 5.16 Å². The zero-order valence-corrected chi connectivity index (χ0v) is 35.6. The van der Waals surface area contributed by atoms with Gasteiger partial charge < -0.3 is 28.5 Å². The summed E-state index contributed by atoms with van der Waals surface area (Å²) in [5.41, 5.74) is 2.73. The summed E-state index contributed by atoms with van der Waals surface area (Å²) in [6.45, 7) is 15.5. The van der Waals surface area contributed by atoms with Crippen molar-refractivity contribution in [3.63, 3.8) is 0 Å². The van der Waals surface area contributed by atoms with Crippen molar-refractivity contribution in [3.05, 3.63) is 85.2 Å². The first-order valence-corrected chi connectivity index (χ1v) is 20.2. The summed E-state index contributed by atoms with van der Waals surface area (Å²) >= 11 is 19.4. The van der Waals surface area contributed by atoms with E-state index in [0.29, 0.717) is 57.7 Å². The summed E-state index contributed by atoms with van der Waals surface area (Å²) in [6, 6.07) is 9.58. The van der Waals surface area contributed by atoms with Crippen LogP contribution in [0.2, 0.25) is 15.1 Å². The molecule has 1 aliphatic carbocycles. The molecule has 0 radical (unpaired) electrons. The average Bonchev–Trinajstić information content (AvgIpc) is 3.83. The molecule has 2 aliphatic heterocycles. The van der Waals surface area contributed by atoms with Gasteiger partial charge in [-0.25, -0.2) is 9.59 Å². The molecule has 2 unspecified atom stereocenters. The Bertz CT molecular complexity index is 1990. The molecule has 3 amide bonds. The van der Waals surface area contributed by atoms with Crippen LogP contribution in [-0.2, 0) is 27.2 Å². The van der Waals surface area contributed by atoms with E-state index >= 15 is 4.79 Å². The molecule has 14 heteroatoms. The minimum absolute atomic E-state index is 0.00758. The molecule has 302 valence electrons. The summed E-state index contributed by atoms with van der Waals surface area (Å²) in [5.74, 6) is 0.900. The lowest BCUT2D eigenvalue weighted by Crippen LogP contribution is -2.66. The fourth-order valence-corrected chi connectivity index (χ4v) is 7.73. The number of hydrogen-bond acceptors (Lipinski definition) is 8.